The first-order valence-electron chi connectivity index (χ1n) is 8.60. The maximum absolute atomic E-state index is 12.0. The molecule has 0 atom stereocenters. The molecule has 0 bridgehead atoms. The highest BCUT2D eigenvalue weighted by atomic mass is 16.7. The summed E-state index contributed by atoms with van der Waals surface area (Å²) in [6, 6.07) is 4.63. The normalized spacial score (nSPS) is 18.1. The minimum Gasteiger partial charge on any atom is -0.465 e. The number of rotatable bonds is 3. The topological polar surface area (TPSA) is 103 Å². The molecule has 1 aliphatic heterocycles. The van der Waals surface area contributed by atoms with Crippen molar-refractivity contribution in [2.45, 2.75) is 65.3 Å². The van der Waals surface area contributed by atoms with Crippen molar-refractivity contribution in [2.75, 3.05) is 5.32 Å². The van der Waals surface area contributed by atoms with E-state index in [-0.39, 0.29) is 11.4 Å². The van der Waals surface area contributed by atoms with E-state index in [0.29, 0.717) is 5.46 Å². The summed E-state index contributed by atoms with van der Waals surface area (Å²) in [5, 5.41) is 11.2. The SMILES string of the molecule is CC(C)(C)OC(=O)Oc1cc(B2OC(C)(C)C(C)(C)O2)ccc1NC(=O)O. The Labute approximate surface area is 159 Å². The molecule has 0 unspecified atom stereocenters. The van der Waals surface area contributed by atoms with Gasteiger partial charge >= 0.3 is 19.4 Å². The third kappa shape index (κ3) is 5.14. The second-order valence-electron chi connectivity index (χ2n) is 8.34. The van der Waals surface area contributed by atoms with Crippen molar-refractivity contribution in [3.63, 3.8) is 0 Å². The Bertz CT molecular complexity index is 724. The maximum Gasteiger partial charge on any atom is 0.514 e. The van der Waals surface area contributed by atoms with E-state index >= 15 is 0 Å². The molecule has 2 rings (SSSR count). The molecule has 1 aliphatic rings. The minimum absolute atomic E-state index is 0.00105. The number of nitrogens with one attached hydrogen (secondary N) is 1. The first kappa shape index (κ1) is 21.0. The Kier molecular flexibility index (Phi) is 5.50. The Morgan fingerprint density at radius 3 is 2.15 bits per heavy atom. The number of carbonyl (C=O) groups excluding carboxylic acids is 1. The van der Waals surface area contributed by atoms with Crippen LogP contribution in [0.15, 0.2) is 18.2 Å². The molecule has 1 fully saturated rings. The zero-order valence-electron chi connectivity index (χ0n) is 16.7. The van der Waals surface area contributed by atoms with Crippen LogP contribution in [-0.2, 0) is 14.0 Å². The smallest absolute Gasteiger partial charge is 0.465 e. The summed E-state index contributed by atoms with van der Waals surface area (Å²) >= 11 is 0. The van der Waals surface area contributed by atoms with Crippen LogP contribution in [0, 0.1) is 0 Å². The molecule has 0 saturated carbocycles. The van der Waals surface area contributed by atoms with Gasteiger partial charge in [0.2, 0.25) is 0 Å². The summed E-state index contributed by atoms with van der Waals surface area (Å²) in [6.07, 6.45) is -2.23. The number of benzene rings is 1. The molecular formula is C18H26BNO7. The molecule has 9 heteroatoms. The van der Waals surface area contributed by atoms with Crippen molar-refractivity contribution in [3.05, 3.63) is 18.2 Å². The zero-order chi connectivity index (χ0) is 20.6. The van der Waals surface area contributed by atoms with Crippen LogP contribution in [0.3, 0.4) is 0 Å². The van der Waals surface area contributed by atoms with Crippen LogP contribution in [0.4, 0.5) is 15.3 Å². The van der Waals surface area contributed by atoms with Crippen molar-refractivity contribution in [3.8, 4) is 5.75 Å². The number of amides is 1. The third-order valence-electron chi connectivity index (χ3n) is 4.36. The number of anilines is 1. The summed E-state index contributed by atoms with van der Waals surface area (Å²) in [7, 11) is -0.685. The van der Waals surface area contributed by atoms with Crippen molar-refractivity contribution < 1.29 is 33.5 Å². The van der Waals surface area contributed by atoms with Crippen LogP contribution in [0.1, 0.15) is 48.5 Å². The van der Waals surface area contributed by atoms with E-state index < -0.39 is 36.2 Å². The van der Waals surface area contributed by atoms with Gasteiger partial charge in [-0.25, -0.2) is 9.59 Å². The lowest BCUT2D eigenvalue weighted by molar-refractivity contribution is 0.00578. The fourth-order valence-electron chi connectivity index (χ4n) is 2.33. The second-order valence-corrected chi connectivity index (χ2v) is 8.34. The average Bonchev–Trinajstić information content (AvgIpc) is 2.66. The van der Waals surface area contributed by atoms with E-state index in [0.717, 1.165) is 0 Å². The van der Waals surface area contributed by atoms with Crippen LogP contribution >= 0.6 is 0 Å². The predicted molar refractivity (Wildman–Crippen MR) is 101 cm³/mol. The molecule has 2 N–H and O–H groups in total. The van der Waals surface area contributed by atoms with Crippen LogP contribution in [0.25, 0.3) is 0 Å². The van der Waals surface area contributed by atoms with Crippen LogP contribution in [0.5, 0.6) is 5.75 Å². The number of ether oxygens (including phenoxy) is 2. The van der Waals surface area contributed by atoms with Crippen molar-refractivity contribution in [2.24, 2.45) is 0 Å². The monoisotopic (exact) mass is 379 g/mol. The van der Waals surface area contributed by atoms with Gasteiger partial charge in [-0.15, -0.1) is 0 Å². The largest absolute Gasteiger partial charge is 0.514 e. The van der Waals surface area contributed by atoms with Crippen LogP contribution in [0.2, 0.25) is 0 Å². The fourth-order valence-corrected chi connectivity index (χ4v) is 2.33. The number of hydrogen-bond donors (Lipinski definition) is 2. The molecule has 1 amide bonds. The summed E-state index contributed by atoms with van der Waals surface area (Å²) in [5.74, 6) is -0.00105. The lowest BCUT2D eigenvalue weighted by Crippen LogP contribution is -2.41. The second kappa shape index (κ2) is 7.05. The lowest BCUT2D eigenvalue weighted by atomic mass is 9.79. The molecule has 1 aromatic rings. The van der Waals surface area contributed by atoms with E-state index in [2.05, 4.69) is 5.32 Å². The average molecular weight is 379 g/mol. The van der Waals surface area contributed by atoms with Gasteiger partial charge in [0, 0.05) is 0 Å². The summed E-state index contributed by atoms with van der Waals surface area (Å²) in [6.45, 7) is 12.8. The lowest BCUT2D eigenvalue weighted by Gasteiger charge is -2.32. The molecular weight excluding hydrogens is 353 g/mol. The molecule has 148 valence electrons. The highest BCUT2D eigenvalue weighted by Crippen LogP contribution is 2.37. The maximum atomic E-state index is 12.0. The van der Waals surface area contributed by atoms with Gasteiger partial charge in [0.1, 0.15) is 5.60 Å². The first-order valence-corrected chi connectivity index (χ1v) is 8.60. The molecule has 0 aliphatic carbocycles. The summed E-state index contributed by atoms with van der Waals surface area (Å²) < 4.78 is 22.3. The van der Waals surface area contributed by atoms with Gasteiger partial charge in [0.05, 0.1) is 16.9 Å². The molecule has 0 spiro atoms. The van der Waals surface area contributed by atoms with Gasteiger partial charge in [-0.05, 0) is 66.1 Å². The Hall–Kier alpha value is -2.26. The molecule has 8 nitrogen and oxygen atoms in total. The minimum atomic E-state index is -1.28. The van der Waals surface area contributed by atoms with Gasteiger partial charge in [-0.2, -0.15) is 0 Å². The predicted octanol–water partition coefficient (Wildman–Crippen LogP) is 3.39. The Morgan fingerprint density at radius 1 is 1.11 bits per heavy atom. The number of hydrogen-bond acceptors (Lipinski definition) is 6. The van der Waals surface area contributed by atoms with Gasteiger partial charge in [0.25, 0.3) is 0 Å². The van der Waals surface area contributed by atoms with Gasteiger partial charge in [-0.3, -0.25) is 5.32 Å². The standard InChI is InChI=1S/C18H26BNO7/c1-16(2,3)25-15(23)24-13-10-11(8-9-12(13)20-14(21)22)19-26-17(4,5)18(6,7)27-19/h8-10,20H,1-7H3,(H,21,22). The third-order valence-corrected chi connectivity index (χ3v) is 4.36. The van der Waals surface area contributed by atoms with Gasteiger partial charge in [0.15, 0.2) is 5.75 Å². The number of carbonyl (C=O) groups is 2. The molecule has 0 aromatic heterocycles. The molecule has 0 radical (unpaired) electrons. The summed E-state index contributed by atoms with van der Waals surface area (Å²) in [5.41, 5.74) is -1.14. The van der Waals surface area contributed by atoms with Crippen molar-refractivity contribution in [1.29, 1.82) is 0 Å². The quantitative estimate of drug-likeness (QED) is 0.471. The van der Waals surface area contributed by atoms with E-state index in [1.54, 1.807) is 26.8 Å². The fraction of sp³-hybridized carbons (Fsp3) is 0.556. The van der Waals surface area contributed by atoms with E-state index in [1.165, 1.54) is 12.1 Å². The van der Waals surface area contributed by atoms with Crippen LogP contribution < -0.4 is 15.5 Å². The molecule has 27 heavy (non-hydrogen) atoms. The Morgan fingerprint density at radius 2 is 1.67 bits per heavy atom. The van der Waals surface area contributed by atoms with Crippen LogP contribution in [-0.4, -0.2) is 41.3 Å². The molecule has 1 saturated heterocycles. The Balaban J connectivity index is 2.31. The van der Waals surface area contributed by atoms with Gasteiger partial charge in [-0.1, -0.05) is 6.07 Å². The first-order chi connectivity index (χ1) is 12.2. The summed E-state index contributed by atoms with van der Waals surface area (Å²) in [4.78, 5) is 23.0. The van der Waals surface area contributed by atoms with Gasteiger partial charge < -0.3 is 23.9 Å². The zero-order valence-corrected chi connectivity index (χ0v) is 16.7. The highest BCUT2D eigenvalue weighted by molar-refractivity contribution is 6.62. The van der Waals surface area contributed by atoms with E-state index in [4.69, 9.17) is 23.9 Å². The van der Waals surface area contributed by atoms with Crippen molar-refractivity contribution in [1.82, 2.24) is 0 Å². The van der Waals surface area contributed by atoms with E-state index in [9.17, 15) is 9.59 Å². The van der Waals surface area contributed by atoms with Crippen molar-refractivity contribution >= 4 is 30.5 Å². The number of carboxylic acid groups (broad SMARTS) is 1. The molecule has 1 heterocycles. The molecule has 1 aromatic carbocycles. The van der Waals surface area contributed by atoms with E-state index in [1.807, 2.05) is 27.7 Å². The highest BCUT2D eigenvalue weighted by Gasteiger charge is 2.51.